The second-order valence-corrected chi connectivity index (χ2v) is 9.02. The predicted octanol–water partition coefficient (Wildman–Crippen LogP) is 4.07. The Labute approximate surface area is 186 Å². The topological polar surface area (TPSA) is 22.0 Å². The van der Waals surface area contributed by atoms with Gasteiger partial charge in [-0.25, -0.2) is 9.28 Å². The predicted molar refractivity (Wildman–Crippen MR) is 119 cm³/mol. The van der Waals surface area contributed by atoms with Crippen LogP contribution in [0.3, 0.4) is 0 Å². The number of amides is 1. The van der Waals surface area contributed by atoms with Crippen molar-refractivity contribution in [3.63, 3.8) is 0 Å². The Morgan fingerprint density at radius 1 is 0.793 bits per heavy atom. The van der Waals surface area contributed by atoms with Crippen LogP contribution in [0.5, 0.6) is 0 Å². The molecule has 1 aromatic heterocycles. The van der Waals surface area contributed by atoms with E-state index in [9.17, 15) is 4.79 Å². The molecule has 1 aliphatic rings. The number of nitrogens with zero attached hydrogens (tertiary/aromatic N) is 2. The molecule has 0 saturated carbocycles. The number of carbonyl (C=O) groups excluding carboxylic acids is 1. The lowest BCUT2D eigenvalue weighted by Gasteiger charge is -2.31. The molecule has 1 fully saturated rings. The molecule has 0 radical (unpaired) electrons. The fraction of sp³-hybridized carbons (Fsp3) is 0.800. The SMILES string of the molecule is CCCCCCCCCCCCCCCC[N+]1(Cn2cccc2)CCCC1=O.[Cl-]. The Kier molecular flexibility index (Phi) is 14.4. The number of hydrogen-bond acceptors (Lipinski definition) is 1. The molecule has 2 rings (SSSR count). The minimum absolute atomic E-state index is 0. The summed E-state index contributed by atoms with van der Waals surface area (Å²) in [7, 11) is 0. The van der Waals surface area contributed by atoms with E-state index < -0.39 is 0 Å². The zero-order chi connectivity index (χ0) is 19.9. The number of aromatic nitrogens is 1. The van der Waals surface area contributed by atoms with Gasteiger partial charge in [0.1, 0.15) is 0 Å². The molecule has 0 aliphatic carbocycles. The molecule has 1 atom stereocenters. The molecule has 4 heteroatoms. The first-order valence-corrected chi connectivity index (χ1v) is 12.3. The van der Waals surface area contributed by atoms with Crippen molar-refractivity contribution in [2.45, 2.75) is 116 Å². The van der Waals surface area contributed by atoms with Gasteiger partial charge in [-0.2, -0.15) is 0 Å². The molecular formula is C25H45ClN2O. The van der Waals surface area contributed by atoms with Crippen LogP contribution in [0.1, 0.15) is 110 Å². The summed E-state index contributed by atoms with van der Waals surface area (Å²) in [5.41, 5.74) is 0. The van der Waals surface area contributed by atoms with E-state index in [0.29, 0.717) is 10.4 Å². The third-order valence-corrected chi connectivity index (χ3v) is 6.55. The van der Waals surface area contributed by atoms with Gasteiger partial charge in [-0.3, -0.25) is 0 Å². The number of halogens is 1. The van der Waals surface area contributed by atoms with Gasteiger partial charge in [-0.05, 0) is 25.0 Å². The van der Waals surface area contributed by atoms with E-state index in [-0.39, 0.29) is 12.4 Å². The van der Waals surface area contributed by atoms with E-state index in [1.54, 1.807) is 0 Å². The molecule has 1 aliphatic heterocycles. The lowest BCUT2D eigenvalue weighted by molar-refractivity contribution is -0.869. The highest BCUT2D eigenvalue weighted by Gasteiger charge is 2.40. The van der Waals surface area contributed by atoms with Gasteiger partial charge in [0.15, 0.2) is 6.67 Å². The smallest absolute Gasteiger partial charge is 0.315 e. The molecule has 3 nitrogen and oxygen atoms in total. The Balaban J connectivity index is 0.00000420. The molecule has 1 aromatic rings. The van der Waals surface area contributed by atoms with Crippen LogP contribution in [-0.4, -0.2) is 28.0 Å². The average molecular weight is 425 g/mol. The summed E-state index contributed by atoms with van der Waals surface area (Å²) in [6.07, 6.45) is 25.5. The van der Waals surface area contributed by atoms with Crippen LogP contribution in [-0.2, 0) is 11.5 Å². The summed E-state index contributed by atoms with van der Waals surface area (Å²) in [5, 5.41) is 0. The first-order chi connectivity index (χ1) is 13.8. The fourth-order valence-electron chi connectivity index (χ4n) is 4.74. The number of carbonyl (C=O) groups is 1. The van der Waals surface area contributed by atoms with Crippen LogP contribution < -0.4 is 12.4 Å². The minimum atomic E-state index is 0. The van der Waals surface area contributed by atoms with Crippen molar-refractivity contribution >= 4 is 5.91 Å². The van der Waals surface area contributed by atoms with Crippen molar-refractivity contribution in [3.8, 4) is 0 Å². The second-order valence-electron chi connectivity index (χ2n) is 9.02. The van der Waals surface area contributed by atoms with Gasteiger partial charge in [-0.15, -0.1) is 0 Å². The minimum Gasteiger partial charge on any atom is -1.00 e. The van der Waals surface area contributed by atoms with Crippen LogP contribution in [0.4, 0.5) is 0 Å². The van der Waals surface area contributed by atoms with Crippen LogP contribution >= 0.6 is 0 Å². The maximum Gasteiger partial charge on any atom is 0.315 e. The van der Waals surface area contributed by atoms with E-state index in [4.69, 9.17) is 0 Å². The first-order valence-electron chi connectivity index (χ1n) is 12.3. The second kappa shape index (κ2) is 16.0. The number of rotatable bonds is 17. The van der Waals surface area contributed by atoms with Crippen LogP contribution in [0.25, 0.3) is 0 Å². The molecular weight excluding hydrogens is 380 g/mol. The fourth-order valence-corrected chi connectivity index (χ4v) is 4.74. The largest absolute Gasteiger partial charge is 1.00 e. The van der Waals surface area contributed by atoms with Crippen molar-refractivity contribution < 1.29 is 21.7 Å². The van der Waals surface area contributed by atoms with Crippen molar-refractivity contribution in [3.05, 3.63) is 24.5 Å². The monoisotopic (exact) mass is 424 g/mol. The third-order valence-electron chi connectivity index (χ3n) is 6.55. The van der Waals surface area contributed by atoms with Gasteiger partial charge in [0, 0.05) is 18.8 Å². The standard InChI is InChI=1S/C25H45N2O.ClH/c1-2-3-4-5-6-7-8-9-10-11-12-13-14-17-22-27(23-18-19-25(27)28)24-26-20-15-16-21-26;/h15-16,20-21H,2-14,17-19,22-24H2,1H3;1H/q+1;/p-1. The van der Waals surface area contributed by atoms with Crippen molar-refractivity contribution in [1.82, 2.24) is 4.57 Å². The summed E-state index contributed by atoms with van der Waals surface area (Å²) >= 11 is 0. The summed E-state index contributed by atoms with van der Waals surface area (Å²) < 4.78 is 2.87. The van der Waals surface area contributed by atoms with Gasteiger partial charge in [-0.1, -0.05) is 84.0 Å². The first kappa shape index (κ1) is 26.2. The highest BCUT2D eigenvalue weighted by atomic mass is 35.5. The summed E-state index contributed by atoms with van der Waals surface area (Å²) in [4.78, 5) is 12.5. The van der Waals surface area contributed by atoms with Gasteiger partial charge in [0.2, 0.25) is 0 Å². The molecule has 2 heterocycles. The maximum absolute atomic E-state index is 12.5. The summed E-state index contributed by atoms with van der Waals surface area (Å²) in [6.45, 7) is 5.20. The van der Waals surface area contributed by atoms with E-state index in [2.05, 4.69) is 36.0 Å². The highest BCUT2D eigenvalue weighted by molar-refractivity contribution is 5.70. The van der Waals surface area contributed by atoms with E-state index in [0.717, 1.165) is 32.6 Å². The van der Waals surface area contributed by atoms with Crippen LogP contribution in [0.15, 0.2) is 24.5 Å². The van der Waals surface area contributed by atoms with Gasteiger partial charge in [0.25, 0.3) is 0 Å². The highest BCUT2D eigenvalue weighted by Crippen LogP contribution is 2.24. The Morgan fingerprint density at radius 3 is 1.72 bits per heavy atom. The quantitative estimate of drug-likeness (QED) is 0.273. The van der Waals surface area contributed by atoms with E-state index in [1.165, 1.54) is 89.9 Å². The number of hydrogen-bond donors (Lipinski definition) is 0. The van der Waals surface area contributed by atoms with Crippen molar-refractivity contribution in [2.75, 3.05) is 13.1 Å². The third kappa shape index (κ3) is 10.2. The molecule has 0 N–H and O–H groups in total. The summed E-state index contributed by atoms with van der Waals surface area (Å²) in [5.74, 6) is 0.461. The lowest BCUT2D eigenvalue weighted by atomic mass is 10.0. The number of likely N-dealkylation sites (tertiary alicyclic amines) is 1. The molecule has 0 spiro atoms. The van der Waals surface area contributed by atoms with E-state index in [1.807, 2.05) is 0 Å². The summed E-state index contributed by atoms with van der Waals surface area (Å²) in [6, 6.07) is 4.12. The van der Waals surface area contributed by atoms with E-state index >= 15 is 0 Å². The van der Waals surface area contributed by atoms with Gasteiger partial charge in [0.05, 0.1) is 19.5 Å². The molecule has 1 unspecified atom stereocenters. The average Bonchev–Trinajstić information content (AvgIpc) is 3.33. The molecule has 0 aromatic carbocycles. The molecule has 1 saturated heterocycles. The zero-order valence-corrected chi connectivity index (χ0v) is 19.7. The molecule has 1 amide bonds. The zero-order valence-electron chi connectivity index (χ0n) is 18.9. The molecule has 0 bridgehead atoms. The Hall–Kier alpha value is -0.800. The number of unbranched alkanes of at least 4 members (excludes halogenated alkanes) is 13. The van der Waals surface area contributed by atoms with Gasteiger partial charge >= 0.3 is 5.91 Å². The Morgan fingerprint density at radius 2 is 1.28 bits per heavy atom. The normalized spacial score (nSPS) is 18.9. The van der Waals surface area contributed by atoms with Crippen molar-refractivity contribution in [1.29, 1.82) is 0 Å². The number of quaternary nitrogens is 1. The van der Waals surface area contributed by atoms with Gasteiger partial charge < -0.3 is 17.0 Å². The maximum atomic E-state index is 12.5. The van der Waals surface area contributed by atoms with Crippen molar-refractivity contribution in [2.24, 2.45) is 0 Å². The Bertz CT molecular complexity index is 517. The van der Waals surface area contributed by atoms with Crippen LogP contribution in [0.2, 0.25) is 0 Å². The van der Waals surface area contributed by atoms with Crippen LogP contribution in [0, 0.1) is 0 Å². The molecule has 168 valence electrons. The lowest BCUT2D eigenvalue weighted by Crippen LogP contribution is -3.00. The molecule has 29 heavy (non-hydrogen) atoms.